The Morgan fingerprint density at radius 3 is 2.73 bits per heavy atom. The number of amides is 2. The third-order valence-corrected chi connectivity index (χ3v) is 4.32. The number of nitrogens with one attached hydrogen (secondary N) is 1. The molecular formula is C21H19N3O2. The normalized spacial score (nSPS) is 20.6. The molecule has 1 heterocycles. The van der Waals surface area contributed by atoms with Crippen molar-refractivity contribution in [1.82, 2.24) is 5.32 Å². The molecule has 5 nitrogen and oxygen atoms in total. The molecule has 0 spiro atoms. The number of nitriles is 1. The van der Waals surface area contributed by atoms with E-state index >= 15 is 0 Å². The van der Waals surface area contributed by atoms with Gasteiger partial charge in [0.05, 0.1) is 17.3 Å². The van der Waals surface area contributed by atoms with Crippen molar-refractivity contribution < 1.29 is 9.59 Å². The van der Waals surface area contributed by atoms with Crippen molar-refractivity contribution in [3.8, 4) is 6.07 Å². The van der Waals surface area contributed by atoms with Gasteiger partial charge >= 0.3 is 0 Å². The lowest BCUT2D eigenvalue weighted by Gasteiger charge is -2.34. The molecule has 1 aromatic carbocycles. The third-order valence-electron chi connectivity index (χ3n) is 4.32. The van der Waals surface area contributed by atoms with Crippen LogP contribution in [0, 0.1) is 22.7 Å². The minimum Gasteiger partial charge on any atom is -0.325 e. The minimum absolute atomic E-state index is 0.0244. The molecule has 1 aliphatic carbocycles. The van der Waals surface area contributed by atoms with Crippen LogP contribution in [-0.4, -0.2) is 17.5 Å². The first-order valence-electron chi connectivity index (χ1n) is 8.34. The summed E-state index contributed by atoms with van der Waals surface area (Å²) < 4.78 is 0. The van der Waals surface area contributed by atoms with Crippen LogP contribution in [0.4, 0.5) is 0 Å². The Kier molecular flexibility index (Phi) is 4.43. The Hall–Kier alpha value is -3.26. The van der Waals surface area contributed by atoms with E-state index in [-0.39, 0.29) is 17.2 Å². The second-order valence-corrected chi connectivity index (χ2v) is 7.31. The summed E-state index contributed by atoms with van der Waals surface area (Å²) in [5.41, 5.74) is 2.84. The number of carbonyl (C=O) groups excluding carboxylic acids is 2. The fraction of sp³-hybridized carbons (Fsp3) is 0.238. The number of carbonyl (C=O) groups is 2. The van der Waals surface area contributed by atoms with E-state index in [2.05, 4.69) is 31.1 Å². The van der Waals surface area contributed by atoms with Gasteiger partial charge in [0.1, 0.15) is 0 Å². The van der Waals surface area contributed by atoms with Crippen LogP contribution in [0.1, 0.15) is 36.7 Å². The van der Waals surface area contributed by atoms with Gasteiger partial charge in [-0.1, -0.05) is 32.9 Å². The van der Waals surface area contributed by atoms with Gasteiger partial charge in [0, 0.05) is 23.3 Å². The first kappa shape index (κ1) is 17.6. The van der Waals surface area contributed by atoms with Gasteiger partial charge in [0.2, 0.25) is 5.91 Å². The van der Waals surface area contributed by atoms with Gasteiger partial charge in [-0.25, -0.2) is 4.99 Å². The largest absolute Gasteiger partial charge is 0.325 e. The third kappa shape index (κ3) is 3.55. The molecule has 0 saturated heterocycles. The van der Waals surface area contributed by atoms with E-state index in [4.69, 9.17) is 5.26 Å². The Labute approximate surface area is 152 Å². The Morgan fingerprint density at radius 1 is 1.27 bits per heavy atom. The smallest absolute Gasteiger partial charge is 0.277 e. The monoisotopic (exact) mass is 345 g/mol. The van der Waals surface area contributed by atoms with Gasteiger partial charge in [-0.3, -0.25) is 9.59 Å². The van der Waals surface area contributed by atoms with Crippen molar-refractivity contribution in [2.75, 3.05) is 0 Å². The van der Waals surface area contributed by atoms with Gasteiger partial charge in [-0.05, 0) is 41.3 Å². The molecule has 1 aliphatic heterocycles. The molecule has 1 aromatic rings. The Morgan fingerprint density at radius 2 is 2.04 bits per heavy atom. The van der Waals surface area contributed by atoms with E-state index < -0.39 is 5.91 Å². The average molecular weight is 345 g/mol. The molecule has 1 unspecified atom stereocenters. The Balaban J connectivity index is 1.90. The summed E-state index contributed by atoms with van der Waals surface area (Å²) in [6.45, 7) is 6.20. The number of benzene rings is 1. The molecular weight excluding hydrogens is 326 g/mol. The quantitative estimate of drug-likeness (QED) is 0.847. The summed E-state index contributed by atoms with van der Waals surface area (Å²) in [6, 6.07) is 8.43. The van der Waals surface area contributed by atoms with Crippen molar-refractivity contribution in [3.05, 3.63) is 71.0 Å². The van der Waals surface area contributed by atoms with Gasteiger partial charge in [0.25, 0.3) is 5.91 Å². The molecule has 3 rings (SSSR count). The predicted octanol–water partition coefficient (Wildman–Crippen LogP) is 3.31. The van der Waals surface area contributed by atoms with Gasteiger partial charge < -0.3 is 5.32 Å². The number of rotatable bonds is 1. The molecule has 2 amide bonds. The number of hydrogen-bond donors (Lipinski definition) is 1. The van der Waals surface area contributed by atoms with E-state index in [1.165, 1.54) is 6.07 Å². The van der Waals surface area contributed by atoms with E-state index in [1.54, 1.807) is 36.4 Å². The molecule has 0 saturated carbocycles. The second-order valence-electron chi connectivity index (χ2n) is 7.31. The number of hydrogen-bond acceptors (Lipinski definition) is 3. The number of fused-ring (bicyclic) bond motifs is 1. The van der Waals surface area contributed by atoms with Crippen LogP contribution >= 0.6 is 0 Å². The highest BCUT2D eigenvalue weighted by Crippen LogP contribution is 2.38. The SMILES string of the molecule is CC(C)(C)C1=CC(=O)NC2=CC(=NC(=O)c3cccc(C#N)c3)C=CC21. The second kappa shape index (κ2) is 6.57. The standard InChI is InChI=1S/C21H19N3O2/c1-21(2,3)17-11-19(25)24-18-10-15(7-8-16(17)18)23-20(26)14-6-4-5-13(9-14)12-22/h4-11,16H,1-3H3,(H,24,25). The summed E-state index contributed by atoms with van der Waals surface area (Å²) >= 11 is 0. The van der Waals surface area contributed by atoms with E-state index in [9.17, 15) is 9.59 Å². The van der Waals surface area contributed by atoms with Crippen LogP contribution in [0.3, 0.4) is 0 Å². The van der Waals surface area contributed by atoms with E-state index in [1.807, 2.05) is 12.1 Å². The minimum atomic E-state index is -0.425. The molecule has 5 heteroatoms. The molecule has 1 atom stereocenters. The number of nitrogens with zero attached hydrogens (tertiary/aromatic N) is 2. The van der Waals surface area contributed by atoms with Crippen molar-refractivity contribution >= 4 is 17.5 Å². The zero-order valence-corrected chi connectivity index (χ0v) is 14.9. The summed E-state index contributed by atoms with van der Waals surface area (Å²) in [6.07, 6.45) is 7.11. The highest BCUT2D eigenvalue weighted by atomic mass is 16.2. The van der Waals surface area contributed by atoms with Crippen molar-refractivity contribution in [2.24, 2.45) is 16.3 Å². The fourth-order valence-electron chi connectivity index (χ4n) is 3.05. The maximum absolute atomic E-state index is 12.4. The first-order valence-corrected chi connectivity index (χ1v) is 8.34. The van der Waals surface area contributed by atoms with E-state index in [0.29, 0.717) is 16.8 Å². The molecule has 0 radical (unpaired) electrons. The summed E-state index contributed by atoms with van der Waals surface area (Å²) in [5.74, 6) is -0.616. The van der Waals surface area contributed by atoms with Crippen molar-refractivity contribution in [2.45, 2.75) is 20.8 Å². The van der Waals surface area contributed by atoms with Crippen molar-refractivity contribution in [3.63, 3.8) is 0 Å². The van der Waals surface area contributed by atoms with Gasteiger partial charge in [0.15, 0.2) is 0 Å². The zero-order valence-electron chi connectivity index (χ0n) is 14.9. The summed E-state index contributed by atoms with van der Waals surface area (Å²) in [7, 11) is 0. The van der Waals surface area contributed by atoms with Crippen LogP contribution < -0.4 is 5.32 Å². The highest BCUT2D eigenvalue weighted by molar-refractivity contribution is 6.14. The number of allylic oxidation sites excluding steroid dienone is 3. The summed E-state index contributed by atoms with van der Waals surface area (Å²) in [5, 5.41) is 11.8. The van der Waals surface area contributed by atoms with Crippen LogP contribution in [0.15, 0.2) is 64.8 Å². The van der Waals surface area contributed by atoms with Crippen LogP contribution in [-0.2, 0) is 4.79 Å². The topological polar surface area (TPSA) is 82.3 Å². The maximum Gasteiger partial charge on any atom is 0.277 e. The predicted molar refractivity (Wildman–Crippen MR) is 99.3 cm³/mol. The van der Waals surface area contributed by atoms with Crippen LogP contribution in [0.2, 0.25) is 0 Å². The number of aliphatic imine (C=N–C) groups is 1. The summed E-state index contributed by atoms with van der Waals surface area (Å²) in [4.78, 5) is 28.5. The fourth-order valence-corrected chi connectivity index (χ4v) is 3.05. The average Bonchev–Trinajstić information content (AvgIpc) is 2.60. The van der Waals surface area contributed by atoms with Crippen LogP contribution in [0.25, 0.3) is 0 Å². The molecule has 0 aromatic heterocycles. The molecule has 2 aliphatic rings. The van der Waals surface area contributed by atoms with E-state index in [0.717, 1.165) is 11.3 Å². The van der Waals surface area contributed by atoms with Gasteiger partial charge in [-0.15, -0.1) is 0 Å². The maximum atomic E-state index is 12.4. The van der Waals surface area contributed by atoms with Crippen LogP contribution in [0.5, 0.6) is 0 Å². The Bertz CT molecular complexity index is 950. The highest BCUT2D eigenvalue weighted by Gasteiger charge is 2.32. The zero-order chi connectivity index (χ0) is 18.9. The molecule has 1 N–H and O–H groups in total. The lowest BCUT2D eigenvalue weighted by molar-refractivity contribution is -0.116. The van der Waals surface area contributed by atoms with Gasteiger partial charge in [-0.2, -0.15) is 5.26 Å². The lowest BCUT2D eigenvalue weighted by atomic mass is 9.74. The molecule has 0 fully saturated rings. The van der Waals surface area contributed by atoms with Crippen molar-refractivity contribution in [1.29, 1.82) is 5.26 Å². The molecule has 130 valence electrons. The lowest BCUT2D eigenvalue weighted by Crippen LogP contribution is -2.36. The molecule has 26 heavy (non-hydrogen) atoms. The first-order chi connectivity index (χ1) is 12.3. The molecule has 0 bridgehead atoms.